The molecule has 3 aliphatic rings. The summed E-state index contributed by atoms with van der Waals surface area (Å²) in [5.41, 5.74) is 0. The van der Waals surface area contributed by atoms with Gasteiger partial charge in [0.15, 0.2) is 18.9 Å². The van der Waals surface area contributed by atoms with Crippen LogP contribution in [-0.4, -0.2) is 193 Å². The number of hydrogen-bond acceptors (Lipinski definition) is 18. The van der Waals surface area contributed by atoms with E-state index in [0.717, 1.165) is 96.3 Å². The van der Waals surface area contributed by atoms with Crippen molar-refractivity contribution in [1.82, 2.24) is 5.32 Å². The van der Waals surface area contributed by atoms with Crippen LogP contribution < -0.4 is 5.32 Å². The third-order valence-electron chi connectivity index (χ3n) is 20.8. The van der Waals surface area contributed by atoms with Gasteiger partial charge in [-0.05, 0) is 64.2 Å². The van der Waals surface area contributed by atoms with Gasteiger partial charge in [-0.15, -0.1) is 0 Å². The Hall–Kier alpha value is -2.77. The molecular formula is C85H153NO18. The van der Waals surface area contributed by atoms with E-state index < -0.39 is 124 Å². The fourth-order valence-corrected chi connectivity index (χ4v) is 14.1. The lowest BCUT2D eigenvalue weighted by Gasteiger charge is -2.48. The lowest BCUT2D eigenvalue weighted by atomic mass is 9.96. The van der Waals surface area contributed by atoms with Gasteiger partial charge in [0.1, 0.15) is 73.2 Å². The Bertz CT molecular complexity index is 2160. The Morgan fingerprint density at radius 3 is 1.04 bits per heavy atom. The molecule has 3 aliphatic heterocycles. The van der Waals surface area contributed by atoms with E-state index in [9.17, 15) is 61.0 Å². The van der Waals surface area contributed by atoms with E-state index in [0.29, 0.717) is 12.8 Å². The van der Waals surface area contributed by atoms with Crippen LogP contribution in [0.1, 0.15) is 328 Å². The predicted molar refractivity (Wildman–Crippen MR) is 415 cm³/mol. The summed E-state index contributed by atoms with van der Waals surface area (Å²) in [4.78, 5) is 13.5. The fourth-order valence-electron chi connectivity index (χ4n) is 14.1. The molecule has 0 aromatic carbocycles. The highest BCUT2D eigenvalue weighted by Crippen LogP contribution is 2.33. The van der Waals surface area contributed by atoms with Crippen LogP contribution in [0.15, 0.2) is 72.9 Å². The van der Waals surface area contributed by atoms with Crippen LogP contribution in [-0.2, 0) is 33.2 Å². The number of ether oxygens (including phenoxy) is 6. The molecule has 0 spiro atoms. The number of amides is 1. The SMILES string of the molecule is CC/C=C\C/C=C\C/C=C\C/C=C\C/C=C\C/C=C\CCCCCCCCCCC(=O)NC(COC1OC(CO)C(OC2OC(CO)C(OC3OC(CO)C(O)C(O)C3O)C(O)C2O)C(O)C1O)C(O)CCCCCCCCCCCCCCCCCCCCCCCCCCCCCCCCCC. The van der Waals surface area contributed by atoms with Crippen molar-refractivity contribution in [3.05, 3.63) is 72.9 Å². The molecule has 3 fully saturated rings. The Kier molecular flexibility index (Phi) is 59.6. The number of carbonyl (C=O) groups is 1. The first-order chi connectivity index (χ1) is 50.8. The molecule has 19 heteroatoms. The molecule has 0 saturated carbocycles. The third-order valence-corrected chi connectivity index (χ3v) is 20.8. The maximum atomic E-state index is 13.5. The minimum atomic E-state index is -1.98. The second-order valence-electron chi connectivity index (χ2n) is 29.9. The maximum Gasteiger partial charge on any atom is 0.220 e. The standard InChI is InChI=1S/C85H153NO18/c1-3-5-7-9-11-13-15-17-19-21-23-25-27-29-31-32-33-34-35-37-38-40-42-44-46-48-50-52-54-56-58-60-62-69(90)68(86-73(91)63-61-59-57-55-53-51-49-47-45-43-41-39-36-30-28-26-24-22-20-18-16-14-12-10-8-6-4-2)67-99-83-79(97)76(94)81(71(65-88)101-83)104-85-80(98)77(95)82(72(66-89)102-85)103-84-78(96)75(93)74(92)70(64-87)100-84/h6,8,12,14,18,20,24,26,30,36,41,43,68-72,74-85,87-90,92-98H,3-5,7,9-11,13,15-17,19,21-23,25,27-29,31-35,37-40,42,44-67H2,1-2H3,(H,86,91)/b8-6-,14-12-,20-18-,26-24-,36-30-,43-41-. The monoisotopic (exact) mass is 1480 g/mol. The van der Waals surface area contributed by atoms with Crippen molar-refractivity contribution in [3.63, 3.8) is 0 Å². The molecule has 3 heterocycles. The van der Waals surface area contributed by atoms with Gasteiger partial charge in [-0.25, -0.2) is 0 Å². The second kappa shape index (κ2) is 65.0. The van der Waals surface area contributed by atoms with Crippen molar-refractivity contribution >= 4 is 5.91 Å². The van der Waals surface area contributed by atoms with Gasteiger partial charge >= 0.3 is 0 Å². The van der Waals surface area contributed by atoms with Gasteiger partial charge in [0.2, 0.25) is 5.91 Å². The smallest absolute Gasteiger partial charge is 0.220 e. The summed E-state index contributed by atoms with van der Waals surface area (Å²) in [6.07, 6.45) is 58.5. The number of unbranched alkanes of at least 4 members (excludes halogenated alkanes) is 39. The number of aliphatic hydroxyl groups excluding tert-OH is 11. The van der Waals surface area contributed by atoms with Crippen LogP contribution in [0.3, 0.4) is 0 Å². The molecule has 0 radical (unpaired) electrons. The molecule has 17 unspecified atom stereocenters. The Labute approximate surface area is 629 Å². The van der Waals surface area contributed by atoms with Gasteiger partial charge in [-0.3, -0.25) is 4.79 Å². The van der Waals surface area contributed by atoms with E-state index in [4.69, 9.17) is 28.4 Å². The molecule has 1 amide bonds. The molecule has 19 nitrogen and oxygen atoms in total. The van der Waals surface area contributed by atoms with Gasteiger partial charge < -0.3 is 89.9 Å². The number of hydrogen-bond donors (Lipinski definition) is 12. The second-order valence-corrected chi connectivity index (χ2v) is 29.9. The summed E-state index contributed by atoms with van der Waals surface area (Å²) < 4.78 is 34.5. The zero-order chi connectivity index (χ0) is 75.3. The van der Waals surface area contributed by atoms with E-state index in [2.05, 4.69) is 92.1 Å². The third kappa shape index (κ3) is 44.2. The summed E-state index contributed by atoms with van der Waals surface area (Å²) in [6.45, 7) is 1.72. The highest BCUT2D eigenvalue weighted by Gasteiger charge is 2.54. The summed E-state index contributed by atoms with van der Waals surface area (Å²) in [5, 5.41) is 121. The van der Waals surface area contributed by atoms with Crippen molar-refractivity contribution in [2.24, 2.45) is 0 Å². The van der Waals surface area contributed by atoms with Crippen LogP contribution in [0.4, 0.5) is 0 Å². The number of rotatable bonds is 67. The van der Waals surface area contributed by atoms with Gasteiger partial charge in [0.05, 0.1) is 38.6 Å². The summed E-state index contributed by atoms with van der Waals surface area (Å²) >= 11 is 0. The van der Waals surface area contributed by atoms with E-state index in [1.165, 1.54) is 199 Å². The summed E-state index contributed by atoms with van der Waals surface area (Å²) in [6, 6.07) is -0.899. The molecule has 0 aromatic rings. The summed E-state index contributed by atoms with van der Waals surface area (Å²) in [5.74, 6) is -0.250. The lowest BCUT2D eigenvalue weighted by molar-refractivity contribution is -0.379. The van der Waals surface area contributed by atoms with Crippen molar-refractivity contribution in [3.8, 4) is 0 Å². The highest BCUT2D eigenvalue weighted by molar-refractivity contribution is 5.76. The maximum absolute atomic E-state index is 13.5. The molecule has 3 saturated heterocycles. The molecule has 17 atom stereocenters. The van der Waals surface area contributed by atoms with Crippen LogP contribution >= 0.6 is 0 Å². The molecule has 104 heavy (non-hydrogen) atoms. The van der Waals surface area contributed by atoms with Crippen LogP contribution in [0.5, 0.6) is 0 Å². The van der Waals surface area contributed by atoms with E-state index in [-0.39, 0.29) is 18.9 Å². The zero-order valence-electron chi connectivity index (χ0n) is 65.0. The molecule has 12 N–H and O–H groups in total. The first-order valence-corrected chi connectivity index (χ1v) is 42.2. The van der Waals surface area contributed by atoms with E-state index >= 15 is 0 Å². The van der Waals surface area contributed by atoms with Crippen molar-refractivity contribution in [2.45, 2.75) is 433 Å². The fraction of sp³-hybridized carbons (Fsp3) is 0.847. The summed E-state index contributed by atoms with van der Waals surface area (Å²) in [7, 11) is 0. The average Bonchev–Trinajstić information content (AvgIpc) is 0.783. The Morgan fingerprint density at radius 2 is 0.663 bits per heavy atom. The van der Waals surface area contributed by atoms with Gasteiger partial charge in [0, 0.05) is 6.42 Å². The minimum absolute atomic E-state index is 0.250. The molecule has 606 valence electrons. The molecular weight excluding hydrogens is 1320 g/mol. The van der Waals surface area contributed by atoms with Gasteiger partial charge in [-0.2, -0.15) is 0 Å². The first-order valence-electron chi connectivity index (χ1n) is 42.2. The van der Waals surface area contributed by atoms with Crippen LogP contribution in [0, 0.1) is 0 Å². The number of aliphatic hydroxyl groups is 11. The Balaban J connectivity index is 1.36. The predicted octanol–water partition coefficient (Wildman–Crippen LogP) is 14.8. The largest absolute Gasteiger partial charge is 0.394 e. The molecule has 0 aromatic heterocycles. The number of allylic oxidation sites excluding steroid dienone is 12. The molecule has 0 bridgehead atoms. The average molecular weight is 1480 g/mol. The van der Waals surface area contributed by atoms with Crippen LogP contribution in [0.2, 0.25) is 0 Å². The normalized spacial score (nSPS) is 26.3. The minimum Gasteiger partial charge on any atom is -0.394 e. The van der Waals surface area contributed by atoms with Gasteiger partial charge in [0.25, 0.3) is 0 Å². The van der Waals surface area contributed by atoms with Crippen LogP contribution in [0.25, 0.3) is 0 Å². The van der Waals surface area contributed by atoms with Gasteiger partial charge in [-0.1, -0.05) is 331 Å². The molecule has 0 aliphatic carbocycles. The molecule has 3 rings (SSSR count). The Morgan fingerprint density at radius 1 is 0.356 bits per heavy atom. The van der Waals surface area contributed by atoms with Crippen molar-refractivity contribution < 1.29 is 89.4 Å². The zero-order valence-corrected chi connectivity index (χ0v) is 65.0. The topological polar surface area (TPSA) is 307 Å². The van der Waals surface area contributed by atoms with E-state index in [1.54, 1.807) is 0 Å². The number of nitrogens with one attached hydrogen (secondary N) is 1. The highest BCUT2D eigenvalue weighted by atomic mass is 16.8. The lowest BCUT2D eigenvalue weighted by Crippen LogP contribution is -2.66. The quantitative estimate of drug-likeness (QED) is 0.0199. The van der Waals surface area contributed by atoms with E-state index in [1.807, 2.05) is 0 Å². The van der Waals surface area contributed by atoms with Crippen molar-refractivity contribution in [2.75, 3.05) is 26.4 Å². The first kappa shape index (κ1) is 95.4. The number of carbonyl (C=O) groups excluding carboxylic acids is 1. The van der Waals surface area contributed by atoms with Crippen molar-refractivity contribution in [1.29, 1.82) is 0 Å².